The molecule has 6 heteroatoms. The molecule has 0 aliphatic rings. The van der Waals surface area contributed by atoms with Gasteiger partial charge in [0.25, 0.3) is 0 Å². The Bertz CT molecular complexity index is 520. The molecule has 0 saturated carbocycles. The second-order valence-electron chi connectivity index (χ2n) is 4.48. The van der Waals surface area contributed by atoms with E-state index in [-0.39, 0.29) is 12.1 Å². The number of amides is 2. The van der Waals surface area contributed by atoms with Crippen LogP contribution in [-0.4, -0.2) is 21.9 Å². The van der Waals surface area contributed by atoms with Crippen molar-refractivity contribution in [2.75, 3.05) is 0 Å². The number of carbonyl (C=O) groups excluding carboxylic acids is 1. The van der Waals surface area contributed by atoms with Crippen LogP contribution in [0, 0.1) is 6.92 Å². The topological polar surface area (TPSA) is 59.0 Å². The van der Waals surface area contributed by atoms with E-state index in [9.17, 15) is 4.79 Å². The standard InChI is InChI=1S/C13H18N4OS/c1-10-4-7-19-12(10)8-14-13(18)16-11(2)9-17-6-3-5-15-17/h3-7,11H,8-9H2,1-2H3,(H2,14,16,18)/t11-/m1/s1. The molecule has 1 atom stereocenters. The first kappa shape index (κ1) is 13.6. The van der Waals surface area contributed by atoms with Crippen LogP contribution in [0.15, 0.2) is 29.9 Å². The van der Waals surface area contributed by atoms with Gasteiger partial charge in [-0.2, -0.15) is 5.10 Å². The highest BCUT2D eigenvalue weighted by molar-refractivity contribution is 7.10. The van der Waals surface area contributed by atoms with Crippen LogP contribution in [0.1, 0.15) is 17.4 Å². The van der Waals surface area contributed by atoms with Gasteiger partial charge in [0.15, 0.2) is 0 Å². The zero-order chi connectivity index (χ0) is 13.7. The number of urea groups is 1. The number of hydrogen-bond donors (Lipinski definition) is 2. The molecule has 0 aliphatic carbocycles. The summed E-state index contributed by atoms with van der Waals surface area (Å²) in [6.07, 6.45) is 3.61. The highest BCUT2D eigenvalue weighted by Crippen LogP contribution is 2.14. The van der Waals surface area contributed by atoms with Crippen LogP contribution in [0.25, 0.3) is 0 Å². The van der Waals surface area contributed by atoms with Crippen molar-refractivity contribution in [3.05, 3.63) is 40.3 Å². The van der Waals surface area contributed by atoms with Crippen molar-refractivity contribution in [1.29, 1.82) is 0 Å². The Kier molecular flexibility index (Phi) is 4.57. The molecule has 0 radical (unpaired) electrons. The van der Waals surface area contributed by atoms with Crippen LogP contribution in [-0.2, 0) is 13.1 Å². The summed E-state index contributed by atoms with van der Waals surface area (Å²) in [7, 11) is 0. The molecule has 0 aliphatic heterocycles. The molecule has 102 valence electrons. The van der Waals surface area contributed by atoms with Gasteiger partial charge in [0.05, 0.1) is 13.1 Å². The second-order valence-corrected chi connectivity index (χ2v) is 5.48. The van der Waals surface area contributed by atoms with Gasteiger partial charge in [-0.3, -0.25) is 4.68 Å². The summed E-state index contributed by atoms with van der Waals surface area (Å²) in [5.41, 5.74) is 1.22. The first-order chi connectivity index (χ1) is 9.15. The lowest BCUT2D eigenvalue weighted by molar-refractivity contribution is 0.236. The number of nitrogens with one attached hydrogen (secondary N) is 2. The average molecular weight is 278 g/mol. The predicted octanol–water partition coefficient (Wildman–Crippen LogP) is 2.14. The molecular weight excluding hydrogens is 260 g/mol. The summed E-state index contributed by atoms with van der Waals surface area (Å²) < 4.78 is 1.80. The smallest absolute Gasteiger partial charge is 0.315 e. The molecule has 2 aromatic rings. The molecule has 2 amide bonds. The molecule has 0 bridgehead atoms. The van der Waals surface area contributed by atoms with Crippen LogP contribution < -0.4 is 10.6 Å². The van der Waals surface area contributed by atoms with Gasteiger partial charge in [0.2, 0.25) is 0 Å². The van der Waals surface area contributed by atoms with Crippen molar-refractivity contribution in [3.8, 4) is 0 Å². The lowest BCUT2D eigenvalue weighted by Gasteiger charge is -2.14. The van der Waals surface area contributed by atoms with Crippen LogP contribution in [0.5, 0.6) is 0 Å². The van der Waals surface area contributed by atoms with Crippen molar-refractivity contribution in [2.24, 2.45) is 0 Å². The van der Waals surface area contributed by atoms with Crippen molar-refractivity contribution in [3.63, 3.8) is 0 Å². The molecule has 2 aromatic heterocycles. The zero-order valence-corrected chi connectivity index (χ0v) is 11.9. The van der Waals surface area contributed by atoms with E-state index in [1.807, 2.05) is 31.5 Å². The minimum Gasteiger partial charge on any atom is -0.334 e. The van der Waals surface area contributed by atoms with Crippen LogP contribution in [0.3, 0.4) is 0 Å². The van der Waals surface area contributed by atoms with E-state index < -0.39 is 0 Å². The number of thiophene rings is 1. The molecule has 0 unspecified atom stereocenters. The van der Waals surface area contributed by atoms with E-state index in [0.29, 0.717) is 13.1 Å². The number of nitrogens with zero attached hydrogens (tertiary/aromatic N) is 2. The molecule has 0 fully saturated rings. The summed E-state index contributed by atoms with van der Waals surface area (Å²) in [4.78, 5) is 12.9. The number of aryl methyl sites for hydroxylation is 1. The minimum atomic E-state index is -0.146. The fraction of sp³-hybridized carbons (Fsp3) is 0.385. The van der Waals surface area contributed by atoms with Crippen molar-refractivity contribution in [2.45, 2.75) is 33.0 Å². The third-order valence-electron chi connectivity index (χ3n) is 2.78. The molecule has 0 saturated heterocycles. The second kappa shape index (κ2) is 6.38. The Morgan fingerprint density at radius 2 is 2.42 bits per heavy atom. The van der Waals surface area contributed by atoms with Crippen LogP contribution in [0.2, 0.25) is 0 Å². The molecule has 2 N–H and O–H groups in total. The maximum atomic E-state index is 11.7. The Labute approximate surface area is 116 Å². The monoisotopic (exact) mass is 278 g/mol. The van der Waals surface area contributed by atoms with Crippen LogP contribution >= 0.6 is 11.3 Å². The normalized spacial score (nSPS) is 12.1. The maximum Gasteiger partial charge on any atom is 0.315 e. The van der Waals surface area contributed by atoms with E-state index in [1.54, 1.807) is 22.2 Å². The highest BCUT2D eigenvalue weighted by atomic mass is 32.1. The van der Waals surface area contributed by atoms with Crippen molar-refractivity contribution >= 4 is 17.4 Å². The summed E-state index contributed by atoms with van der Waals surface area (Å²) >= 11 is 1.66. The van der Waals surface area contributed by atoms with Crippen LogP contribution in [0.4, 0.5) is 4.79 Å². The van der Waals surface area contributed by atoms with Gasteiger partial charge < -0.3 is 10.6 Å². The first-order valence-electron chi connectivity index (χ1n) is 6.20. The molecule has 0 aromatic carbocycles. The third kappa shape index (κ3) is 4.10. The quantitative estimate of drug-likeness (QED) is 0.880. The van der Waals surface area contributed by atoms with Gasteiger partial charge >= 0.3 is 6.03 Å². The zero-order valence-electron chi connectivity index (χ0n) is 11.1. The summed E-state index contributed by atoms with van der Waals surface area (Å²) in [5, 5.41) is 11.9. The number of aromatic nitrogens is 2. The number of rotatable bonds is 5. The van der Waals surface area contributed by atoms with Gasteiger partial charge in [-0.15, -0.1) is 11.3 Å². The van der Waals surface area contributed by atoms with E-state index in [1.165, 1.54) is 10.4 Å². The molecule has 2 heterocycles. The van der Waals surface area contributed by atoms with Gasteiger partial charge in [-0.25, -0.2) is 4.79 Å². The Hall–Kier alpha value is -1.82. The maximum absolute atomic E-state index is 11.7. The molecule has 0 spiro atoms. The third-order valence-corrected chi connectivity index (χ3v) is 3.80. The van der Waals surface area contributed by atoms with Crippen molar-refractivity contribution < 1.29 is 4.79 Å². The Balaban J connectivity index is 1.73. The number of hydrogen-bond acceptors (Lipinski definition) is 3. The molecule has 19 heavy (non-hydrogen) atoms. The Morgan fingerprint density at radius 1 is 1.58 bits per heavy atom. The summed E-state index contributed by atoms with van der Waals surface area (Å²) in [6, 6.07) is 3.81. The van der Waals surface area contributed by atoms with Gasteiger partial charge in [-0.1, -0.05) is 0 Å². The van der Waals surface area contributed by atoms with Gasteiger partial charge in [0, 0.05) is 23.3 Å². The minimum absolute atomic E-state index is 0.0318. The summed E-state index contributed by atoms with van der Waals surface area (Å²) in [6.45, 7) is 5.24. The van der Waals surface area contributed by atoms with E-state index in [4.69, 9.17) is 0 Å². The first-order valence-corrected chi connectivity index (χ1v) is 7.08. The fourth-order valence-corrected chi connectivity index (χ4v) is 2.60. The van der Waals surface area contributed by atoms with Crippen molar-refractivity contribution in [1.82, 2.24) is 20.4 Å². The Morgan fingerprint density at radius 3 is 3.05 bits per heavy atom. The van der Waals surface area contributed by atoms with E-state index >= 15 is 0 Å². The highest BCUT2D eigenvalue weighted by Gasteiger charge is 2.08. The molecule has 5 nitrogen and oxygen atoms in total. The molecule has 2 rings (SSSR count). The summed E-state index contributed by atoms with van der Waals surface area (Å²) in [5.74, 6) is 0. The molecular formula is C13H18N4OS. The largest absolute Gasteiger partial charge is 0.334 e. The lowest BCUT2D eigenvalue weighted by atomic mass is 10.3. The fourth-order valence-electron chi connectivity index (χ4n) is 1.76. The average Bonchev–Trinajstić information content (AvgIpc) is 2.98. The van der Waals surface area contributed by atoms with E-state index in [2.05, 4.69) is 21.8 Å². The predicted molar refractivity (Wildman–Crippen MR) is 76.1 cm³/mol. The number of carbonyl (C=O) groups is 1. The van der Waals surface area contributed by atoms with E-state index in [0.717, 1.165) is 0 Å². The lowest BCUT2D eigenvalue weighted by Crippen LogP contribution is -2.42. The SMILES string of the molecule is Cc1ccsc1CNC(=O)N[C@H](C)Cn1cccn1. The van der Waals surface area contributed by atoms with Gasteiger partial charge in [-0.05, 0) is 36.9 Å². The van der Waals surface area contributed by atoms with Gasteiger partial charge in [0.1, 0.15) is 0 Å².